The van der Waals surface area contributed by atoms with Gasteiger partial charge < -0.3 is 9.15 Å². The molecule has 0 aromatic carbocycles. The third-order valence-corrected chi connectivity index (χ3v) is 2.86. The van der Waals surface area contributed by atoms with Gasteiger partial charge in [0.15, 0.2) is 0 Å². The van der Waals surface area contributed by atoms with Crippen LogP contribution in [0.15, 0.2) is 9.64 Å². The van der Waals surface area contributed by atoms with Gasteiger partial charge in [0.1, 0.15) is 0 Å². The van der Waals surface area contributed by atoms with E-state index in [1.54, 1.807) is 6.92 Å². The Labute approximate surface area is 99.0 Å². The van der Waals surface area contributed by atoms with Gasteiger partial charge in [0.25, 0.3) is 5.22 Å². The highest BCUT2D eigenvalue weighted by Gasteiger charge is 2.17. The fraction of sp³-hybridized carbons (Fsp3) is 0.700. The molecule has 0 saturated heterocycles. The number of ether oxygens (including phenoxy) is 1. The number of nitrogens with zero attached hydrogens (tertiary/aromatic N) is 2. The third kappa shape index (κ3) is 3.84. The van der Waals surface area contributed by atoms with Crippen LogP contribution in [-0.4, -0.2) is 28.0 Å². The number of carbonyl (C=O) groups excluding carboxylic acids is 1. The molecule has 0 bridgehead atoms. The van der Waals surface area contributed by atoms with Crippen LogP contribution in [0.5, 0.6) is 0 Å². The van der Waals surface area contributed by atoms with Crippen LogP contribution in [0, 0.1) is 0 Å². The van der Waals surface area contributed by atoms with Crippen LogP contribution in [0.25, 0.3) is 0 Å². The van der Waals surface area contributed by atoms with E-state index in [1.807, 2.05) is 0 Å². The van der Waals surface area contributed by atoms with Crippen molar-refractivity contribution in [3.8, 4) is 0 Å². The molecule has 1 rings (SSSR count). The molecule has 0 aliphatic heterocycles. The van der Waals surface area contributed by atoms with E-state index in [0.29, 0.717) is 17.1 Å². The molecule has 1 unspecified atom stereocenters. The normalized spacial score (nSPS) is 12.4. The van der Waals surface area contributed by atoms with Crippen LogP contribution in [0.2, 0.25) is 0 Å². The van der Waals surface area contributed by atoms with E-state index < -0.39 is 5.97 Å². The second kappa shape index (κ2) is 6.52. The van der Waals surface area contributed by atoms with Crippen LogP contribution >= 0.6 is 11.8 Å². The highest BCUT2D eigenvalue weighted by molar-refractivity contribution is 7.99. The molecule has 1 heterocycles. The van der Waals surface area contributed by atoms with Crippen LogP contribution in [-0.2, 0) is 4.74 Å². The second-order valence-electron chi connectivity index (χ2n) is 3.31. The van der Waals surface area contributed by atoms with Gasteiger partial charge in [-0.05, 0) is 13.3 Å². The van der Waals surface area contributed by atoms with Gasteiger partial charge in [-0.3, -0.25) is 0 Å². The summed E-state index contributed by atoms with van der Waals surface area (Å²) in [5.41, 5.74) is 0. The molecule has 0 spiro atoms. The molecule has 90 valence electrons. The lowest BCUT2D eigenvalue weighted by Crippen LogP contribution is -2.04. The Morgan fingerprint density at radius 2 is 2.25 bits per heavy atom. The van der Waals surface area contributed by atoms with Crippen molar-refractivity contribution in [3.63, 3.8) is 0 Å². The molecule has 0 amide bonds. The topological polar surface area (TPSA) is 65.2 Å². The first-order valence-corrected chi connectivity index (χ1v) is 6.22. The van der Waals surface area contributed by atoms with Gasteiger partial charge in [-0.25, -0.2) is 4.79 Å². The third-order valence-electron chi connectivity index (χ3n) is 1.85. The Balaban J connectivity index is 2.54. The van der Waals surface area contributed by atoms with Crippen molar-refractivity contribution in [2.75, 3.05) is 6.61 Å². The van der Waals surface area contributed by atoms with E-state index >= 15 is 0 Å². The Kier molecular flexibility index (Phi) is 5.31. The summed E-state index contributed by atoms with van der Waals surface area (Å²) in [6.45, 7) is 6.24. The Morgan fingerprint density at radius 3 is 2.88 bits per heavy atom. The fourth-order valence-corrected chi connectivity index (χ4v) is 2.08. The largest absolute Gasteiger partial charge is 0.459 e. The monoisotopic (exact) mass is 244 g/mol. The van der Waals surface area contributed by atoms with Crippen LogP contribution in [0.1, 0.15) is 44.3 Å². The number of carbonyl (C=O) groups is 1. The first-order valence-electron chi connectivity index (χ1n) is 5.34. The smallest absolute Gasteiger partial charge is 0.396 e. The van der Waals surface area contributed by atoms with Crippen molar-refractivity contribution in [2.24, 2.45) is 0 Å². The van der Waals surface area contributed by atoms with Crippen molar-refractivity contribution in [1.82, 2.24) is 10.2 Å². The highest BCUT2D eigenvalue weighted by atomic mass is 32.2. The predicted molar refractivity (Wildman–Crippen MR) is 60.5 cm³/mol. The van der Waals surface area contributed by atoms with Gasteiger partial charge in [-0.15, -0.1) is 5.10 Å². The van der Waals surface area contributed by atoms with Gasteiger partial charge in [0.05, 0.1) is 6.61 Å². The molecular weight excluding hydrogens is 228 g/mol. The minimum absolute atomic E-state index is 0.0759. The maximum Gasteiger partial charge on any atom is 0.396 e. The summed E-state index contributed by atoms with van der Waals surface area (Å²) in [5, 5.41) is 8.25. The summed E-state index contributed by atoms with van der Waals surface area (Å²) in [6.07, 6.45) is 2.18. The molecule has 6 heteroatoms. The van der Waals surface area contributed by atoms with E-state index in [1.165, 1.54) is 11.8 Å². The zero-order valence-corrected chi connectivity index (χ0v) is 10.5. The summed E-state index contributed by atoms with van der Waals surface area (Å²) in [5.74, 6) is -0.641. The van der Waals surface area contributed by atoms with E-state index in [-0.39, 0.29) is 5.89 Å². The van der Waals surface area contributed by atoms with E-state index in [4.69, 9.17) is 9.15 Å². The van der Waals surface area contributed by atoms with Crippen molar-refractivity contribution in [1.29, 1.82) is 0 Å². The van der Waals surface area contributed by atoms with E-state index in [9.17, 15) is 4.79 Å². The molecule has 5 nitrogen and oxygen atoms in total. The van der Waals surface area contributed by atoms with E-state index in [2.05, 4.69) is 24.0 Å². The van der Waals surface area contributed by atoms with Crippen molar-refractivity contribution < 1.29 is 13.9 Å². The van der Waals surface area contributed by atoms with Crippen molar-refractivity contribution >= 4 is 17.7 Å². The number of thioether (sulfide) groups is 1. The number of aromatic nitrogens is 2. The van der Waals surface area contributed by atoms with Crippen LogP contribution in [0.3, 0.4) is 0 Å². The minimum atomic E-state index is -0.565. The van der Waals surface area contributed by atoms with Gasteiger partial charge in [-0.1, -0.05) is 37.1 Å². The molecule has 0 aliphatic carbocycles. The zero-order valence-electron chi connectivity index (χ0n) is 9.73. The minimum Gasteiger partial charge on any atom is -0.459 e. The van der Waals surface area contributed by atoms with Gasteiger partial charge in [0, 0.05) is 5.25 Å². The highest BCUT2D eigenvalue weighted by Crippen LogP contribution is 2.24. The number of hydrogen-bond donors (Lipinski definition) is 0. The summed E-state index contributed by atoms with van der Waals surface area (Å²) in [4.78, 5) is 11.2. The first kappa shape index (κ1) is 13.0. The molecule has 0 fully saturated rings. The maximum absolute atomic E-state index is 11.2. The number of rotatable bonds is 6. The Bertz CT molecular complexity index is 341. The lowest BCUT2D eigenvalue weighted by atomic mass is 10.3. The Morgan fingerprint density at radius 1 is 1.50 bits per heavy atom. The molecule has 1 atom stereocenters. The summed E-state index contributed by atoms with van der Waals surface area (Å²) >= 11 is 1.48. The van der Waals surface area contributed by atoms with Crippen LogP contribution in [0.4, 0.5) is 0 Å². The summed E-state index contributed by atoms with van der Waals surface area (Å²) in [7, 11) is 0. The molecule has 0 radical (unpaired) electrons. The average Bonchev–Trinajstić information content (AvgIpc) is 2.67. The summed E-state index contributed by atoms with van der Waals surface area (Å²) in [6, 6.07) is 0. The summed E-state index contributed by atoms with van der Waals surface area (Å²) < 4.78 is 9.93. The SMILES string of the molecule is CCCC(C)Sc1nnc(C(=O)OCC)o1. The quantitative estimate of drug-likeness (QED) is 0.566. The second-order valence-corrected chi connectivity index (χ2v) is 4.70. The maximum atomic E-state index is 11.2. The lowest BCUT2D eigenvalue weighted by Gasteiger charge is -2.04. The molecule has 0 aliphatic rings. The molecule has 1 aromatic rings. The molecule has 16 heavy (non-hydrogen) atoms. The number of hydrogen-bond acceptors (Lipinski definition) is 6. The van der Waals surface area contributed by atoms with Crippen LogP contribution < -0.4 is 0 Å². The van der Waals surface area contributed by atoms with Gasteiger partial charge in [0.2, 0.25) is 0 Å². The predicted octanol–water partition coefficient (Wildman–Crippen LogP) is 2.53. The zero-order chi connectivity index (χ0) is 12.0. The van der Waals surface area contributed by atoms with Gasteiger partial charge >= 0.3 is 11.9 Å². The Hall–Kier alpha value is -1.04. The number of esters is 1. The van der Waals surface area contributed by atoms with Crippen molar-refractivity contribution in [2.45, 2.75) is 44.1 Å². The van der Waals surface area contributed by atoms with Gasteiger partial charge in [-0.2, -0.15) is 0 Å². The first-order chi connectivity index (χ1) is 7.67. The average molecular weight is 244 g/mol. The molecule has 0 saturated carbocycles. The molecule has 1 aromatic heterocycles. The fourth-order valence-electron chi connectivity index (χ4n) is 1.17. The standard InChI is InChI=1S/C10H16N2O3S/c1-4-6-7(3)16-10-12-11-8(15-10)9(13)14-5-2/h7H,4-6H2,1-3H3. The molecular formula is C10H16N2O3S. The van der Waals surface area contributed by atoms with E-state index in [0.717, 1.165) is 12.8 Å². The van der Waals surface area contributed by atoms with Crippen molar-refractivity contribution in [3.05, 3.63) is 5.89 Å². The lowest BCUT2D eigenvalue weighted by molar-refractivity contribution is 0.0475. The molecule has 0 N–H and O–H groups in total.